The normalized spacial score (nSPS) is 22.8. The molecular weight excluding hydrogens is 264 g/mol. The minimum atomic E-state index is 0.119. The molecule has 124 valence electrons. The summed E-state index contributed by atoms with van der Waals surface area (Å²) < 4.78 is 0. The van der Waals surface area contributed by atoms with Crippen LogP contribution in [0.5, 0.6) is 0 Å². The molecule has 1 rings (SSSR count). The van der Waals surface area contributed by atoms with E-state index >= 15 is 0 Å². The number of nitrogens with zero attached hydrogens (tertiary/aromatic N) is 2. The van der Waals surface area contributed by atoms with Gasteiger partial charge in [-0.25, -0.2) is 0 Å². The Morgan fingerprint density at radius 1 is 1.19 bits per heavy atom. The zero-order chi connectivity index (χ0) is 15.8. The molecule has 0 unspecified atom stereocenters. The highest BCUT2D eigenvalue weighted by molar-refractivity contribution is 5.78. The Kier molecular flexibility index (Phi) is 8.27. The molecule has 0 aliphatic heterocycles. The Bertz CT molecular complexity index is 297. The molecule has 0 radical (unpaired) electrons. The first-order valence-electron chi connectivity index (χ1n) is 8.63. The molecule has 0 atom stereocenters. The van der Waals surface area contributed by atoms with Crippen molar-refractivity contribution in [1.29, 1.82) is 0 Å². The van der Waals surface area contributed by atoms with Gasteiger partial charge in [-0.1, -0.05) is 20.8 Å². The van der Waals surface area contributed by atoms with E-state index in [1.165, 1.54) is 12.8 Å². The lowest BCUT2D eigenvalue weighted by Crippen LogP contribution is -2.47. The van der Waals surface area contributed by atoms with Gasteiger partial charge in [0.1, 0.15) is 0 Å². The van der Waals surface area contributed by atoms with Crippen molar-refractivity contribution in [3.63, 3.8) is 0 Å². The number of aliphatic hydroxyl groups excluding tert-OH is 1. The lowest BCUT2D eigenvalue weighted by atomic mass is 9.87. The van der Waals surface area contributed by atoms with E-state index in [0.29, 0.717) is 25.2 Å². The first-order chi connectivity index (χ1) is 10.0. The minimum Gasteiger partial charge on any atom is -0.395 e. The third-order valence-electron chi connectivity index (χ3n) is 5.11. The molecule has 1 saturated carbocycles. The summed E-state index contributed by atoms with van der Waals surface area (Å²) in [7, 11) is 1.95. The first kappa shape index (κ1) is 18.4. The van der Waals surface area contributed by atoms with Gasteiger partial charge in [0.15, 0.2) is 0 Å². The van der Waals surface area contributed by atoms with Crippen LogP contribution in [0, 0.1) is 5.92 Å². The van der Waals surface area contributed by atoms with Crippen molar-refractivity contribution in [2.75, 3.05) is 26.7 Å². The smallest absolute Gasteiger partial charge is 0.236 e. The summed E-state index contributed by atoms with van der Waals surface area (Å²) in [6.45, 7) is 7.75. The van der Waals surface area contributed by atoms with E-state index in [1.54, 1.807) is 0 Å². The highest BCUT2D eigenvalue weighted by Crippen LogP contribution is 2.26. The summed E-state index contributed by atoms with van der Waals surface area (Å²) in [6.07, 6.45) is 6.77. The lowest BCUT2D eigenvalue weighted by molar-refractivity contribution is -0.134. The van der Waals surface area contributed by atoms with Crippen LogP contribution in [0.2, 0.25) is 0 Å². The van der Waals surface area contributed by atoms with Crippen LogP contribution in [0.25, 0.3) is 0 Å². The number of hydrogen-bond acceptors (Lipinski definition) is 3. The molecule has 0 aromatic carbocycles. The van der Waals surface area contributed by atoms with Gasteiger partial charge in [0.05, 0.1) is 13.2 Å². The van der Waals surface area contributed by atoms with Gasteiger partial charge in [-0.15, -0.1) is 0 Å². The molecule has 0 heterocycles. The summed E-state index contributed by atoms with van der Waals surface area (Å²) >= 11 is 0. The lowest BCUT2D eigenvalue weighted by Gasteiger charge is -2.36. The number of hydrogen-bond donors (Lipinski definition) is 1. The summed E-state index contributed by atoms with van der Waals surface area (Å²) in [5.41, 5.74) is 0. The van der Waals surface area contributed by atoms with Crippen LogP contribution in [0.1, 0.15) is 59.3 Å². The molecule has 0 aromatic heterocycles. The van der Waals surface area contributed by atoms with Crippen molar-refractivity contribution >= 4 is 5.91 Å². The number of rotatable bonds is 8. The molecule has 0 bridgehead atoms. The maximum absolute atomic E-state index is 12.5. The summed E-state index contributed by atoms with van der Waals surface area (Å²) in [5.74, 6) is 1.01. The molecule has 0 saturated heterocycles. The fourth-order valence-corrected chi connectivity index (χ4v) is 3.44. The van der Waals surface area contributed by atoms with Crippen molar-refractivity contribution < 1.29 is 9.90 Å². The predicted octanol–water partition coefficient (Wildman–Crippen LogP) is 2.51. The van der Waals surface area contributed by atoms with Gasteiger partial charge in [-0.05, 0) is 44.4 Å². The zero-order valence-corrected chi connectivity index (χ0v) is 14.3. The van der Waals surface area contributed by atoms with Crippen molar-refractivity contribution in [2.24, 2.45) is 5.92 Å². The maximum Gasteiger partial charge on any atom is 0.236 e. The molecule has 21 heavy (non-hydrogen) atoms. The van der Waals surface area contributed by atoms with Crippen LogP contribution in [0.4, 0.5) is 0 Å². The number of aliphatic hydroxyl groups is 1. The van der Waals surface area contributed by atoms with Crippen LogP contribution in [-0.4, -0.2) is 59.6 Å². The summed E-state index contributed by atoms with van der Waals surface area (Å²) in [5, 5.41) is 9.24. The van der Waals surface area contributed by atoms with E-state index in [4.69, 9.17) is 0 Å². The average molecular weight is 298 g/mol. The van der Waals surface area contributed by atoms with Crippen LogP contribution in [0.3, 0.4) is 0 Å². The van der Waals surface area contributed by atoms with Crippen LogP contribution in [0.15, 0.2) is 0 Å². The third kappa shape index (κ3) is 5.59. The van der Waals surface area contributed by atoms with E-state index in [1.807, 2.05) is 11.9 Å². The Morgan fingerprint density at radius 3 is 2.24 bits per heavy atom. The van der Waals surface area contributed by atoms with Gasteiger partial charge >= 0.3 is 0 Å². The van der Waals surface area contributed by atoms with Crippen molar-refractivity contribution in [2.45, 2.75) is 71.4 Å². The highest BCUT2D eigenvalue weighted by atomic mass is 16.3. The molecule has 0 aromatic rings. The monoisotopic (exact) mass is 298 g/mol. The van der Waals surface area contributed by atoms with Gasteiger partial charge < -0.3 is 10.0 Å². The predicted molar refractivity (Wildman–Crippen MR) is 87.2 cm³/mol. The van der Waals surface area contributed by atoms with Gasteiger partial charge in [0.2, 0.25) is 5.91 Å². The van der Waals surface area contributed by atoms with Crippen LogP contribution in [-0.2, 0) is 4.79 Å². The van der Waals surface area contributed by atoms with Gasteiger partial charge in [0, 0.05) is 25.7 Å². The highest BCUT2D eigenvalue weighted by Gasteiger charge is 2.26. The molecule has 1 aliphatic carbocycles. The second-order valence-corrected chi connectivity index (χ2v) is 6.58. The minimum absolute atomic E-state index is 0.119. The Morgan fingerprint density at radius 2 is 1.76 bits per heavy atom. The third-order valence-corrected chi connectivity index (χ3v) is 5.11. The summed E-state index contributed by atoms with van der Waals surface area (Å²) in [4.78, 5) is 16.6. The molecule has 1 amide bonds. The topological polar surface area (TPSA) is 43.8 Å². The van der Waals surface area contributed by atoms with E-state index in [0.717, 1.165) is 31.6 Å². The molecule has 4 nitrogen and oxygen atoms in total. The Balaban J connectivity index is 2.55. The Labute approximate surface area is 130 Å². The second-order valence-electron chi connectivity index (χ2n) is 6.58. The van der Waals surface area contributed by atoms with Crippen molar-refractivity contribution in [3.05, 3.63) is 0 Å². The zero-order valence-electron chi connectivity index (χ0n) is 14.3. The largest absolute Gasteiger partial charge is 0.395 e. The first-order valence-corrected chi connectivity index (χ1v) is 8.63. The molecule has 1 aliphatic rings. The summed E-state index contributed by atoms with van der Waals surface area (Å²) in [6, 6.07) is 0.798. The molecular formula is C17H34N2O2. The fraction of sp³-hybridized carbons (Fsp3) is 0.941. The van der Waals surface area contributed by atoms with Gasteiger partial charge in [-0.3, -0.25) is 9.69 Å². The van der Waals surface area contributed by atoms with E-state index in [9.17, 15) is 9.90 Å². The molecule has 1 N–H and O–H groups in total. The van der Waals surface area contributed by atoms with Crippen molar-refractivity contribution in [3.8, 4) is 0 Å². The maximum atomic E-state index is 12.5. The van der Waals surface area contributed by atoms with Crippen LogP contribution < -0.4 is 0 Å². The van der Waals surface area contributed by atoms with Gasteiger partial charge in [-0.2, -0.15) is 0 Å². The standard InChI is InChI=1S/C17H34N2O2/c1-5-15(6-2)19(11-12-20)13-17(21)18(4)16-9-7-14(3)8-10-16/h14-16,20H,5-13H2,1-4H3. The fourth-order valence-electron chi connectivity index (χ4n) is 3.44. The van der Waals surface area contributed by atoms with Crippen molar-refractivity contribution in [1.82, 2.24) is 9.80 Å². The molecule has 1 fully saturated rings. The quantitative estimate of drug-likeness (QED) is 0.749. The average Bonchev–Trinajstić information content (AvgIpc) is 2.48. The van der Waals surface area contributed by atoms with E-state index < -0.39 is 0 Å². The molecule has 4 heteroatoms. The number of carbonyl (C=O) groups is 1. The Hall–Kier alpha value is -0.610. The number of carbonyl (C=O) groups excluding carboxylic acids is 1. The van der Waals surface area contributed by atoms with E-state index in [2.05, 4.69) is 25.7 Å². The van der Waals surface area contributed by atoms with Crippen LogP contribution >= 0.6 is 0 Å². The van der Waals surface area contributed by atoms with E-state index in [-0.39, 0.29) is 12.5 Å². The second kappa shape index (κ2) is 9.42. The van der Waals surface area contributed by atoms with Gasteiger partial charge in [0.25, 0.3) is 0 Å². The number of likely N-dealkylation sites (N-methyl/N-ethyl adjacent to an activating group) is 1. The molecule has 0 spiro atoms. The number of amides is 1. The SMILES string of the molecule is CCC(CC)N(CCO)CC(=O)N(C)C1CCC(C)CC1.